The number of hydrogen-bond donors (Lipinski definition) is 2. The van der Waals surface area contributed by atoms with Crippen LogP contribution in [0.25, 0.3) is 0 Å². The fraction of sp³-hybridized carbons (Fsp3) is 0.625. The highest BCUT2D eigenvalue weighted by atomic mass is 16.3. The zero-order valence-electron chi connectivity index (χ0n) is 12.1. The Labute approximate surface area is 116 Å². The second-order valence-corrected chi connectivity index (χ2v) is 5.46. The molecule has 1 fully saturated rings. The van der Waals surface area contributed by atoms with Crippen molar-refractivity contribution in [2.45, 2.75) is 39.3 Å². The van der Waals surface area contributed by atoms with Crippen LogP contribution in [-0.2, 0) is 6.54 Å². The van der Waals surface area contributed by atoms with Crippen LogP contribution in [0, 0.1) is 5.92 Å². The molecule has 2 rings (SSSR count). The van der Waals surface area contributed by atoms with Gasteiger partial charge in [-0.2, -0.15) is 0 Å². The molecule has 1 aromatic carbocycles. The van der Waals surface area contributed by atoms with Crippen LogP contribution < -0.4 is 10.2 Å². The monoisotopic (exact) mass is 262 g/mol. The highest BCUT2D eigenvalue weighted by Crippen LogP contribution is 2.26. The molecule has 0 heterocycles. The molecule has 0 amide bonds. The van der Waals surface area contributed by atoms with E-state index in [4.69, 9.17) is 0 Å². The summed E-state index contributed by atoms with van der Waals surface area (Å²) in [6, 6.07) is 8.82. The third-order valence-corrected chi connectivity index (χ3v) is 4.04. The van der Waals surface area contributed by atoms with E-state index in [0.29, 0.717) is 5.92 Å². The van der Waals surface area contributed by atoms with Gasteiger partial charge in [0.15, 0.2) is 0 Å². The summed E-state index contributed by atoms with van der Waals surface area (Å²) in [7, 11) is 0. The van der Waals surface area contributed by atoms with Gasteiger partial charge in [0.25, 0.3) is 0 Å². The standard InChI is InChI=1S/C16H26N2O/c1-3-18(4-2)15-7-5-13(6-8-15)11-17-12-14-9-16(19)10-14/h5-8,14,16-17,19H,3-4,9-12H2,1-2H3. The lowest BCUT2D eigenvalue weighted by atomic mass is 9.82. The van der Waals surface area contributed by atoms with Crippen LogP contribution in [-0.4, -0.2) is 30.8 Å². The Morgan fingerprint density at radius 3 is 2.32 bits per heavy atom. The largest absolute Gasteiger partial charge is 0.393 e. The summed E-state index contributed by atoms with van der Waals surface area (Å²) in [4.78, 5) is 2.35. The average molecular weight is 262 g/mol. The van der Waals surface area contributed by atoms with Gasteiger partial charge in [0.1, 0.15) is 0 Å². The molecule has 106 valence electrons. The van der Waals surface area contributed by atoms with Crippen molar-refractivity contribution in [3.05, 3.63) is 29.8 Å². The summed E-state index contributed by atoms with van der Waals surface area (Å²) in [5.74, 6) is 0.671. The summed E-state index contributed by atoms with van der Waals surface area (Å²) in [6.07, 6.45) is 1.89. The van der Waals surface area contributed by atoms with Crippen molar-refractivity contribution in [2.75, 3.05) is 24.5 Å². The van der Waals surface area contributed by atoms with Gasteiger partial charge in [-0.15, -0.1) is 0 Å². The van der Waals surface area contributed by atoms with E-state index in [1.165, 1.54) is 11.3 Å². The van der Waals surface area contributed by atoms with E-state index < -0.39 is 0 Å². The van der Waals surface area contributed by atoms with Gasteiger partial charge in [0, 0.05) is 25.3 Å². The van der Waals surface area contributed by atoms with Crippen molar-refractivity contribution in [2.24, 2.45) is 5.92 Å². The number of hydrogen-bond acceptors (Lipinski definition) is 3. The molecule has 19 heavy (non-hydrogen) atoms. The van der Waals surface area contributed by atoms with Crippen molar-refractivity contribution in [3.63, 3.8) is 0 Å². The smallest absolute Gasteiger partial charge is 0.0546 e. The first-order chi connectivity index (χ1) is 9.22. The Morgan fingerprint density at radius 2 is 1.79 bits per heavy atom. The lowest BCUT2D eigenvalue weighted by Crippen LogP contribution is -2.35. The lowest BCUT2D eigenvalue weighted by molar-refractivity contribution is 0.0430. The molecule has 0 bridgehead atoms. The minimum absolute atomic E-state index is 0.0415. The minimum Gasteiger partial charge on any atom is -0.393 e. The Bertz CT molecular complexity index is 367. The minimum atomic E-state index is -0.0415. The molecule has 1 aliphatic carbocycles. The number of nitrogens with zero attached hydrogens (tertiary/aromatic N) is 1. The van der Waals surface area contributed by atoms with E-state index in [9.17, 15) is 5.11 Å². The van der Waals surface area contributed by atoms with E-state index in [2.05, 4.69) is 48.3 Å². The van der Waals surface area contributed by atoms with Crippen LogP contribution in [0.15, 0.2) is 24.3 Å². The average Bonchev–Trinajstić information content (AvgIpc) is 2.40. The highest BCUT2D eigenvalue weighted by molar-refractivity contribution is 5.47. The third kappa shape index (κ3) is 3.95. The van der Waals surface area contributed by atoms with Gasteiger partial charge >= 0.3 is 0 Å². The van der Waals surface area contributed by atoms with Crippen LogP contribution in [0.2, 0.25) is 0 Å². The molecule has 0 spiro atoms. The van der Waals surface area contributed by atoms with E-state index >= 15 is 0 Å². The molecule has 3 heteroatoms. The topological polar surface area (TPSA) is 35.5 Å². The Balaban J connectivity index is 1.75. The molecule has 1 saturated carbocycles. The van der Waals surface area contributed by atoms with Crippen LogP contribution in [0.5, 0.6) is 0 Å². The number of aliphatic hydroxyl groups excluding tert-OH is 1. The van der Waals surface area contributed by atoms with E-state index in [0.717, 1.165) is 39.0 Å². The number of benzene rings is 1. The first kappa shape index (κ1) is 14.4. The maximum atomic E-state index is 9.23. The Kier molecular flexibility index (Phi) is 5.23. The first-order valence-electron chi connectivity index (χ1n) is 7.45. The van der Waals surface area contributed by atoms with Gasteiger partial charge < -0.3 is 15.3 Å². The summed E-state index contributed by atoms with van der Waals surface area (Å²) in [6.45, 7) is 8.42. The SMILES string of the molecule is CCN(CC)c1ccc(CNCC2CC(O)C2)cc1. The third-order valence-electron chi connectivity index (χ3n) is 4.04. The molecule has 0 saturated heterocycles. The molecule has 0 aliphatic heterocycles. The number of aliphatic hydroxyl groups is 1. The summed E-state index contributed by atoms with van der Waals surface area (Å²) in [5, 5.41) is 12.7. The molecule has 1 aliphatic rings. The molecule has 1 aromatic rings. The van der Waals surface area contributed by atoms with Gasteiger partial charge in [-0.05, 0) is 56.8 Å². The molecule has 2 N–H and O–H groups in total. The number of nitrogens with one attached hydrogen (secondary N) is 1. The fourth-order valence-corrected chi connectivity index (χ4v) is 2.70. The van der Waals surface area contributed by atoms with Crippen LogP contribution in [0.3, 0.4) is 0 Å². The van der Waals surface area contributed by atoms with Crippen LogP contribution >= 0.6 is 0 Å². The van der Waals surface area contributed by atoms with Crippen molar-refractivity contribution in [1.29, 1.82) is 0 Å². The van der Waals surface area contributed by atoms with E-state index in [1.54, 1.807) is 0 Å². The zero-order chi connectivity index (χ0) is 13.7. The highest BCUT2D eigenvalue weighted by Gasteiger charge is 2.26. The van der Waals surface area contributed by atoms with Crippen molar-refractivity contribution in [3.8, 4) is 0 Å². The normalized spacial score (nSPS) is 22.1. The molecule has 3 nitrogen and oxygen atoms in total. The zero-order valence-corrected chi connectivity index (χ0v) is 12.1. The molecule has 0 radical (unpaired) electrons. The predicted octanol–water partition coefficient (Wildman–Crippen LogP) is 2.39. The molecule has 0 aromatic heterocycles. The van der Waals surface area contributed by atoms with E-state index in [-0.39, 0.29) is 6.10 Å². The molecular formula is C16H26N2O. The summed E-state index contributed by atoms with van der Waals surface area (Å²) < 4.78 is 0. The van der Waals surface area contributed by atoms with Crippen molar-refractivity contribution >= 4 is 5.69 Å². The van der Waals surface area contributed by atoms with Crippen molar-refractivity contribution in [1.82, 2.24) is 5.32 Å². The fourth-order valence-electron chi connectivity index (χ4n) is 2.70. The Hall–Kier alpha value is -1.06. The number of rotatable bonds is 7. The van der Waals surface area contributed by atoms with Gasteiger partial charge in [-0.3, -0.25) is 0 Å². The van der Waals surface area contributed by atoms with Crippen LogP contribution in [0.1, 0.15) is 32.3 Å². The second kappa shape index (κ2) is 6.92. The van der Waals surface area contributed by atoms with Gasteiger partial charge in [0.05, 0.1) is 6.10 Å². The predicted molar refractivity (Wildman–Crippen MR) is 80.4 cm³/mol. The molecule has 0 atom stereocenters. The second-order valence-electron chi connectivity index (χ2n) is 5.46. The van der Waals surface area contributed by atoms with Gasteiger partial charge in [-0.1, -0.05) is 12.1 Å². The maximum absolute atomic E-state index is 9.23. The number of anilines is 1. The first-order valence-corrected chi connectivity index (χ1v) is 7.45. The quantitative estimate of drug-likeness (QED) is 0.792. The Morgan fingerprint density at radius 1 is 1.16 bits per heavy atom. The molecule has 0 unspecified atom stereocenters. The van der Waals surface area contributed by atoms with Gasteiger partial charge in [0.2, 0.25) is 0 Å². The molecular weight excluding hydrogens is 236 g/mol. The van der Waals surface area contributed by atoms with E-state index in [1.807, 2.05) is 0 Å². The summed E-state index contributed by atoms with van der Waals surface area (Å²) in [5.41, 5.74) is 2.63. The maximum Gasteiger partial charge on any atom is 0.0546 e. The van der Waals surface area contributed by atoms with Crippen molar-refractivity contribution < 1.29 is 5.11 Å². The van der Waals surface area contributed by atoms with Crippen LogP contribution in [0.4, 0.5) is 5.69 Å². The lowest BCUT2D eigenvalue weighted by Gasteiger charge is -2.31. The summed E-state index contributed by atoms with van der Waals surface area (Å²) >= 11 is 0. The van der Waals surface area contributed by atoms with Gasteiger partial charge in [-0.25, -0.2) is 0 Å².